The van der Waals surface area contributed by atoms with Gasteiger partial charge >= 0.3 is 12.4 Å². The quantitative estimate of drug-likeness (QED) is 0.298. The Morgan fingerprint density at radius 1 is 1.05 bits per heavy atom. The number of rotatable bonds is 6. The molecule has 3 aliphatic heterocycles. The van der Waals surface area contributed by atoms with Crippen molar-refractivity contribution in [3.63, 3.8) is 0 Å². The van der Waals surface area contributed by atoms with E-state index < -0.39 is 17.9 Å². The van der Waals surface area contributed by atoms with Crippen molar-refractivity contribution in [2.24, 2.45) is 11.8 Å². The van der Waals surface area contributed by atoms with E-state index in [0.717, 1.165) is 64.7 Å². The number of para-hydroxylation sites is 1. The molecule has 5 heterocycles. The third kappa shape index (κ3) is 4.94. The van der Waals surface area contributed by atoms with Crippen molar-refractivity contribution < 1.29 is 27.0 Å². The molecule has 2 atom stereocenters. The number of aromatic nitrogens is 3. The van der Waals surface area contributed by atoms with E-state index in [2.05, 4.69) is 24.5 Å². The van der Waals surface area contributed by atoms with E-state index in [-0.39, 0.29) is 33.3 Å². The van der Waals surface area contributed by atoms with Crippen molar-refractivity contribution in [2.45, 2.75) is 56.8 Å². The molecule has 0 N–H and O–H groups in total. The second-order valence-electron chi connectivity index (χ2n) is 11.8. The topological polar surface area (TPSA) is 63.6 Å². The molecule has 1 saturated carbocycles. The van der Waals surface area contributed by atoms with Crippen LogP contribution in [0.4, 0.5) is 23.4 Å². The molecule has 4 aliphatic rings. The van der Waals surface area contributed by atoms with Crippen LogP contribution in [0.5, 0.6) is 11.8 Å². The van der Waals surface area contributed by atoms with E-state index in [1.165, 1.54) is 30.8 Å². The van der Waals surface area contributed by atoms with Crippen molar-refractivity contribution in [2.75, 3.05) is 37.7 Å². The van der Waals surface area contributed by atoms with Crippen molar-refractivity contribution in [1.82, 2.24) is 19.9 Å². The summed E-state index contributed by atoms with van der Waals surface area (Å²) in [5.74, 6) is 0.0279. The van der Waals surface area contributed by atoms with Gasteiger partial charge in [0.25, 0.3) is 0 Å². The minimum atomic E-state index is -5.02. The van der Waals surface area contributed by atoms with E-state index in [1.807, 2.05) is 0 Å². The SMILES string of the molecule is Fc1c(-c2cccc(Cl)c2OC(F)(F)F)ncc2c(N3CC4CCC(C4)C3)nc(OCC34CCCN3CCC4)nc12. The first-order valence-corrected chi connectivity index (χ1v) is 14.6. The Morgan fingerprint density at radius 3 is 2.49 bits per heavy atom. The predicted molar refractivity (Wildman–Crippen MR) is 146 cm³/mol. The summed E-state index contributed by atoms with van der Waals surface area (Å²) in [5.41, 5.74) is -0.683. The van der Waals surface area contributed by atoms with Crippen LogP contribution < -0.4 is 14.4 Å². The third-order valence-corrected chi connectivity index (χ3v) is 9.57. The molecule has 7 rings (SSSR count). The van der Waals surface area contributed by atoms with Crippen molar-refractivity contribution >= 4 is 28.3 Å². The minimum Gasteiger partial charge on any atom is -0.461 e. The molecular weight excluding hydrogens is 562 g/mol. The summed E-state index contributed by atoms with van der Waals surface area (Å²) < 4.78 is 66.4. The Labute approximate surface area is 239 Å². The molecule has 12 heteroatoms. The van der Waals surface area contributed by atoms with Crippen LogP contribution in [-0.2, 0) is 0 Å². The Kier molecular flexibility index (Phi) is 6.65. The summed E-state index contributed by atoms with van der Waals surface area (Å²) in [6.45, 7) is 4.06. The summed E-state index contributed by atoms with van der Waals surface area (Å²) in [7, 11) is 0. The van der Waals surface area contributed by atoms with Crippen LogP contribution in [0, 0.1) is 17.7 Å². The van der Waals surface area contributed by atoms with Crippen LogP contribution in [0.1, 0.15) is 44.9 Å². The van der Waals surface area contributed by atoms with E-state index in [0.29, 0.717) is 29.6 Å². The number of hydrogen-bond donors (Lipinski definition) is 0. The monoisotopic (exact) mass is 591 g/mol. The first kappa shape index (κ1) is 26.9. The van der Waals surface area contributed by atoms with E-state index in [1.54, 1.807) is 0 Å². The van der Waals surface area contributed by atoms with Crippen molar-refractivity contribution in [3.8, 4) is 23.0 Å². The molecule has 0 amide bonds. The molecule has 2 bridgehead atoms. The average Bonchev–Trinajstić information content (AvgIpc) is 3.62. The number of anilines is 1. The zero-order valence-electron chi connectivity index (χ0n) is 22.4. The Morgan fingerprint density at radius 2 is 1.78 bits per heavy atom. The van der Waals surface area contributed by atoms with Gasteiger partial charge in [-0.05, 0) is 82.0 Å². The van der Waals surface area contributed by atoms with Gasteiger partial charge in [-0.15, -0.1) is 13.2 Å². The number of alkyl halides is 3. The fourth-order valence-corrected chi connectivity index (χ4v) is 7.68. The summed E-state index contributed by atoms with van der Waals surface area (Å²) in [4.78, 5) is 18.2. The first-order chi connectivity index (χ1) is 19.7. The van der Waals surface area contributed by atoms with Gasteiger partial charge in [0.1, 0.15) is 23.6 Å². The van der Waals surface area contributed by atoms with Crippen LogP contribution in [0.25, 0.3) is 22.2 Å². The normalized spacial score (nSPS) is 23.8. The summed E-state index contributed by atoms with van der Waals surface area (Å²) >= 11 is 6.06. The second-order valence-corrected chi connectivity index (χ2v) is 12.2. The molecule has 218 valence electrons. The van der Waals surface area contributed by atoms with Crippen LogP contribution in [-0.4, -0.2) is 64.5 Å². The van der Waals surface area contributed by atoms with Gasteiger partial charge in [-0.25, -0.2) is 4.39 Å². The highest BCUT2D eigenvalue weighted by Crippen LogP contribution is 2.44. The highest BCUT2D eigenvalue weighted by atomic mass is 35.5. The second kappa shape index (κ2) is 10.1. The first-order valence-electron chi connectivity index (χ1n) is 14.2. The van der Waals surface area contributed by atoms with Gasteiger partial charge in [-0.3, -0.25) is 9.88 Å². The molecule has 1 aliphatic carbocycles. The Hall–Kier alpha value is -2.92. The molecule has 4 fully saturated rings. The van der Waals surface area contributed by atoms with Gasteiger partial charge in [-0.1, -0.05) is 17.7 Å². The third-order valence-electron chi connectivity index (χ3n) is 9.27. The Bertz CT molecular complexity index is 1470. The summed E-state index contributed by atoms with van der Waals surface area (Å²) in [6.07, 6.45) is 4.16. The van der Waals surface area contributed by atoms with Crippen LogP contribution in [0.3, 0.4) is 0 Å². The van der Waals surface area contributed by atoms with Gasteiger partial charge in [-0.2, -0.15) is 9.97 Å². The number of fused-ring (bicyclic) bond motifs is 4. The van der Waals surface area contributed by atoms with E-state index in [9.17, 15) is 13.2 Å². The largest absolute Gasteiger partial charge is 0.573 e. The smallest absolute Gasteiger partial charge is 0.461 e. The van der Waals surface area contributed by atoms with Gasteiger partial charge < -0.3 is 14.4 Å². The zero-order chi connectivity index (χ0) is 28.4. The predicted octanol–water partition coefficient (Wildman–Crippen LogP) is 6.63. The summed E-state index contributed by atoms with van der Waals surface area (Å²) in [5, 5.41) is 0.0796. The zero-order valence-corrected chi connectivity index (χ0v) is 23.1. The maximum Gasteiger partial charge on any atom is 0.573 e. The molecule has 2 aromatic heterocycles. The number of hydrogen-bond acceptors (Lipinski definition) is 7. The lowest BCUT2D eigenvalue weighted by atomic mass is 9.95. The molecule has 3 saturated heterocycles. The minimum absolute atomic E-state index is 0.0574. The van der Waals surface area contributed by atoms with Crippen molar-refractivity contribution in [3.05, 3.63) is 35.2 Å². The highest BCUT2D eigenvalue weighted by Gasteiger charge is 2.45. The lowest BCUT2D eigenvalue weighted by molar-refractivity contribution is -0.274. The highest BCUT2D eigenvalue weighted by molar-refractivity contribution is 6.32. The van der Waals surface area contributed by atoms with Crippen LogP contribution >= 0.6 is 11.6 Å². The molecule has 0 radical (unpaired) electrons. The van der Waals surface area contributed by atoms with Crippen molar-refractivity contribution in [1.29, 1.82) is 0 Å². The number of ether oxygens (including phenoxy) is 2. The molecule has 1 aromatic carbocycles. The van der Waals surface area contributed by atoms with Gasteiger partial charge in [0.15, 0.2) is 11.6 Å². The van der Waals surface area contributed by atoms with Gasteiger partial charge in [0.05, 0.1) is 15.9 Å². The van der Waals surface area contributed by atoms with Gasteiger partial charge in [0, 0.05) is 24.8 Å². The fourth-order valence-electron chi connectivity index (χ4n) is 7.47. The number of nitrogens with zero attached hydrogens (tertiary/aromatic N) is 5. The molecular formula is C29H30ClF4N5O2. The lowest BCUT2D eigenvalue weighted by Crippen LogP contribution is -2.43. The number of piperidine rings is 1. The number of halogens is 5. The van der Waals surface area contributed by atoms with Crippen LogP contribution in [0.15, 0.2) is 24.4 Å². The Balaban J connectivity index is 1.32. The fraction of sp³-hybridized carbons (Fsp3) is 0.552. The van der Waals surface area contributed by atoms with E-state index in [4.69, 9.17) is 21.3 Å². The summed E-state index contributed by atoms with van der Waals surface area (Å²) in [6, 6.07) is 4.02. The standard InChI is InChI=1S/C29H30ClF4N5O2/c30-21-5-1-4-19(25(21)41-29(32,33)34)23-22(31)24-20(13-35-23)26(38-14-17-6-7-18(12-17)15-38)37-27(36-24)40-16-28-8-2-10-39(28)11-3-9-28/h1,4-5,13,17-18H,2-3,6-12,14-16H2. The molecule has 2 unspecified atom stereocenters. The maximum atomic E-state index is 16.3. The molecule has 7 nitrogen and oxygen atoms in total. The maximum absolute atomic E-state index is 16.3. The average molecular weight is 592 g/mol. The molecule has 3 aromatic rings. The molecule has 41 heavy (non-hydrogen) atoms. The van der Waals surface area contributed by atoms with Crippen LogP contribution in [0.2, 0.25) is 5.02 Å². The molecule has 0 spiro atoms. The van der Waals surface area contributed by atoms with Gasteiger partial charge in [0.2, 0.25) is 0 Å². The lowest BCUT2D eigenvalue weighted by Gasteiger charge is -2.34. The number of pyridine rings is 1. The van der Waals surface area contributed by atoms with E-state index >= 15 is 4.39 Å². The number of benzene rings is 1.